The number of thiol groups is 1. The summed E-state index contributed by atoms with van der Waals surface area (Å²) in [6.07, 6.45) is 1.53. The van der Waals surface area contributed by atoms with Crippen LogP contribution in [0.3, 0.4) is 0 Å². The van der Waals surface area contributed by atoms with Gasteiger partial charge in [0.1, 0.15) is 5.69 Å². The molecule has 0 aromatic carbocycles. The molecule has 1 aromatic heterocycles. The molecule has 0 radical (unpaired) electrons. The highest BCUT2D eigenvalue weighted by molar-refractivity contribution is 7.80. The van der Waals surface area contributed by atoms with Crippen LogP contribution in [-0.2, 0) is 0 Å². The van der Waals surface area contributed by atoms with E-state index < -0.39 is 0 Å². The first kappa shape index (κ1) is 9.82. The monoisotopic (exact) mass is 191 g/mol. The zero-order valence-electron chi connectivity index (χ0n) is 7.24. The molecule has 0 aliphatic heterocycles. The molecular weight excluding hydrogens is 182 g/mol. The van der Waals surface area contributed by atoms with Crippen molar-refractivity contribution in [3.63, 3.8) is 0 Å². The van der Waals surface area contributed by atoms with Gasteiger partial charge in [0.15, 0.2) is 5.78 Å². The van der Waals surface area contributed by atoms with E-state index in [1.807, 2.05) is 0 Å². The van der Waals surface area contributed by atoms with E-state index in [0.29, 0.717) is 17.0 Å². The van der Waals surface area contributed by atoms with E-state index in [2.05, 4.69) is 29.5 Å². The zero-order valence-corrected chi connectivity index (χ0v) is 8.14. The molecule has 0 spiro atoms. The van der Waals surface area contributed by atoms with E-state index >= 15 is 0 Å². The highest BCUT2D eigenvalue weighted by Gasteiger charge is 1.97. The van der Waals surface area contributed by atoms with Gasteiger partial charge >= 0.3 is 0 Å². The largest absolute Gasteiger partial charge is 0.294 e. The van der Waals surface area contributed by atoms with Crippen LogP contribution in [0, 0.1) is 11.8 Å². The molecule has 13 heavy (non-hydrogen) atoms. The second-order valence-corrected chi connectivity index (χ2v) is 2.76. The molecule has 0 N–H and O–H groups in total. The predicted molar refractivity (Wildman–Crippen MR) is 55.0 cm³/mol. The molecule has 1 heterocycles. The normalized spacial score (nSPS) is 8.77. The summed E-state index contributed by atoms with van der Waals surface area (Å²) in [5.74, 6) is 6.12. The molecule has 1 rings (SSSR count). The van der Waals surface area contributed by atoms with Crippen LogP contribution in [0.25, 0.3) is 0 Å². The van der Waals surface area contributed by atoms with Gasteiger partial charge in [-0.3, -0.25) is 4.79 Å². The molecule has 66 valence electrons. The number of hydrogen-bond acceptors (Lipinski definition) is 3. The van der Waals surface area contributed by atoms with Crippen LogP contribution < -0.4 is 0 Å². The molecular formula is C10H9NOS. The Kier molecular flexibility index (Phi) is 3.53. The Morgan fingerprint density at radius 1 is 1.62 bits per heavy atom. The van der Waals surface area contributed by atoms with Crippen LogP contribution >= 0.6 is 12.6 Å². The second kappa shape index (κ2) is 4.68. The first-order chi connectivity index (χ1) is 6.24. The summed E-state index contributed by atoms with van der Waals surface area (Å²) in [6, 6.07) is 3.45. The first-order valence-electron chi connectivity index (χ1n) is 3.81. The summed E-state index contributed by atoms with van der Waals surface area (Å²) < 4.78 is 0. The minimum absolute atomic E-state index is 0.0150. The summed E-state index contributed by atoms with van der Waals surface area (Å²) in [5, 5.41) is 0. The van der Waals surface area contributed by atoms with Gasteiger partial charge in [-0.1, -0.05) is 5.92 Å². The van der Waals surface area contributed by atoms with E-state index in [0.717, 1.165) is 0 Å². The summed E-state index contributed by atoms with van der Waals surface area (Å²) in [5.41, 5.74) is 1.27. The van der Waals surface area contributed by atoms with Crippen molar-refractivity contribution < 1.29 is 4.79 Å². The molecule has 0 aliphatic carbocycles. The van der Waals surface area contributed by atoms with Crippen molar-refractivity contribution in [3.05, 3.63) is 29.6 Å². The fourth-order valence-corrected chi connectivity index (χ4v) is 0.885. The SMILES string of the molecule is CC(=O)c1ccc(C#CCS)nc1. The average Bonchev–Trinajstić information content (AvgIpc) is 2.15. The van der Waals surface area contributed by atoms with Gasteiger partial charge in [-0.05, 0) is 25.0 Å². The van der Waals surface area contributed by atoms with Crippen molar-refractivity contribution in [2.75, 3.05) is 5.75 Å². The maximum absolute atomic E-state index is 10.9. The molecule has 2 nitrogen and oxygen atoms in total. The summed E-state index contributed by atoms with van der Waals surface area (Å²) in [7, 11) is 0. The van der Waals surface area contributed by atoms with Crippen molar-refractivity contribution >= 4 is 18.4 Å². The Hall–Kier alpha value is -1.27. The van der Waals surface area contributed by atoms with Gasteiger partial charge in [-0.25, -0.2) is 4.98 Å². The van der Waals surface area contributed by atoms with Crippen LogP contribution in [0.1, 0.15) is 23.0 Å². The number of Topliss-reactive ketones (excluding diaryl/α,β-unsaturated/α-hetero) is 1. The number of nitrogens with zero attached hydrogens (tertiary/aromatic N) is 1. The van der Waals surface area contributed by atoms with E-state index in [-0.39, 0.29) is 5.78 Å². The fraction of sp³-hybridized carbons (Fsp3) is 0.200. The molecule has 0 bridgehead atoms. The number of ketones is 1. The van der Waals surface area contributed by atoms with Crippen LogP contribution in [0.4, 0.5) is 0 Å². The van der Waals surface area contributed by atoms with Gasteiger partial charge in [0.2, 0.25) is 0 Å². The van der Waals surface area contributed by atoms with Crippen molar-refractivity contribution in [2.45, 2.75) is 6.92 Å². The highest BCUT2D eigenvalue weighted by Crippen LogP contribution is 1.99. The maximum Gasteiger partial charge on any atom is 0.161 e. The zero-order chi connectivity index (χ0) is 9.68. The third-order valence-electron chi connectivity index (χ3n) is 1.47. The molecule has 0 saturated carbocycles. The van der Waals surface area contributed by atoms with Crippen molar-refractivity contribution in [3.8, 4) is 11.8 Å². The second-order valence-electron chi connectivity index (χ2n) is 2.45. The molecule has 3 heteroatoms. The summed E-state index contributed by atoms with van der Waals surface area (Å²) in [6.45, 7) is 1.51. The lowest BCUT2D eigenvalue weighted by atomic mass is 10.2. The van der Waals surface area contributed by atoms with Gasteiger partial charge in [0.25, 0.3) is 0 Å². The van der Waals surface area contributed by atoms with Crippen LogP contribution in [0.2, 0.25) is 0 Å². The van der Waals surface area contributed by atoms with E-state index in [9.17, 15) is 4.79 Å². The number of carbonyl (C=O) groups is 1. The third-order valence-corrected chi connectivity index (χ3v) is 1.62. The molecule has 0 atom stereocenters. The third kappa shape index (κ3) is 2.92. The number of hydrogen-bond donors (Lipinski definition) is 1. The minimum Gasteiger partial charge on any atom is -0.294 e. The quantitative estimate of drug-likeness (QED) is 0.415. The molecule has 0 amide bonds. The predicted octanol–water partition coefficient (Wildman–Crippen LogP) is 1.57. The lowest BCUT2D eigenvalue weighted by Gasteiger charge is -1.93. The number of pyridine rings is 1. The molecule has 0 saturated heterocycles. The summed E-state index contributed by atoms with van der Waals surface area (Å²) >= 11 is 3.95. The van der Waals surface area contributed by atoms with Gasteiger partial charge in [0.05, 0.1) is 5.75 Å². The highest BCUT2D eigenvalue weighted by atomic mass is 32.1. The maximum atomic E-state index is 10.9. The van der Waals surface area contributed by atoms with Crippen LogP contribution in [0.15, 0.2) is 18.3 Å². The topological polar surface area (TPSA) is 30.0 Å². The smallest absolute Gasteiger partial charge is 0.161 e. The van der Waals surface area contributed by atoms with E-state index in [1.165, 1.54) is 13.1 Å². The standard InChI is InChI=1S/C10H9NOS/c1-8(12)9-4-5-10(11-7-9)3-2-6-13/h4-5,7,13H,6H2,1H3. The summed E-state index contributed by atoms with van der Waals surface area (Å²) in [4.78, 5) is 14.9. The van der Waals surface area contributed by atoms with Crippen molar-refractivity contribution in [2.24, 2.45) is 0 Å². The van der Waals surface area contributed by atoms with Gasteiger partial charge in [-0.2, -0.15) is 12.6 Å². The van der Waals surface area contributed by atoms with Crippen LogP contribution in [0.5, 0.6) is 0 Å². The van der Waals surface area contributed by atoms with E-state index in [4.69, 9.17) is 0 Å². The van der Waals surface area contributed by atoms with Crippen LogP contribution in [-0.4, -0.2) is 16.5 Å². The Bertz CT molecular complexity index is 359. The number of carbonyl (C=O) groups excluding carboxylic acids is 1. The number of aromatic nitrogens is 1. The van der Waals surface area contributed by atoms with Gasteiger partial charge < -0.3 is 0 Å². The average molecular weight is 191 g/mol. The molecule has 0 aliphatic rings. The Labute approximate surface area is 82.8 Å². The minimum atomic E-state index is 0.0150. The molecule has 0 fully saturated rings. The Morgan fingerprint density at radius 3 is 2.85 bits per heavy atom. The number of rotatable bonds is 1. The lowest BCUT2D eigenvalue weighted by Crippen LogP contribution is -1.93. The van der Waals surface area contributed by atoms with E-state index in [1.54, 1.807) is 12.1 Å². The van der Waals surface area contributed by atoms with Gasteiger partial charge in [-0.15, -0.1) is 0 Å². The van der Waals surface area contributed by atoms with Gasteiger partial charge in [0, 0.05) is 11.8 Å². The Morgan fingerprint density at radius 2 is 2.38 bits per heavy atom. The molecule has 0 unspecified atom stereocenters. The molecule has 1 aromatic rings. The van der Waals surface area contributed by atoms with Crippen molar-refractivity contribution in [1.29, 1.82) is 0 Å². The first-order valence-corrected chi connectivity index (χ1v) is 4.44. The fourth-order valence-electron chi connectivity index (χ4n) is 0.806. The van der Waals surface area contributed by atoms with Crippen molar-refractivity contribution in [1.82, 2.24) is 4.98 Å². The Balaban J connectivity index is 2.87. The lowest BCUT2D eigenvalue weighted by molar-refractivity contribution is 0.101.